The lowest BCUT2D eigenvalue weighted by molar-refractivity contribution is 0.464. The van der Waals surface area contributed by atoms with Crippen LogP contribution in [-0.4, -0.2) is 12.3 Å². The molecule has 92 valence electrons. The molecule has 18 heavy (non-hydrogen) atoms. The molecule has 0 saturated carbocycles. The van der Waals surface area contributed by atoms with E-state index in [2.05, 4.69) is 16.4 Å². The zero-order valence-corrected chi connectivity index (χ0v) is 10.8. The minimum Gasteiger partial charge on any atom is -0.382 e. The van der Waals surface area contributed by atoms with Gasteiger partial charge in [-0.15, -0.1) is 0 Å². The number of nitrogens with zero attached hydrogens (tertiary/aromatic N) is 3. The molecule has 0 aliphatic carbocycles. The van der Waals surface area contributed by atoms with Gasteiger partial charge >= 0.3 is 0 Å². The van der Waals surface area contributed by atoms with E-state index < -0.39 is 0 Å². The number of hydrogen-bond donors (Lipinski definition) is 1. The van der Waals surface area contributed by atoms with Gasteiger partial charge in [0.15, 0.2) is 0 Å². The minimum atomic E-state index is -0.233. The molecule has 0 bridgehead atoms. The molecule has 1 atom stereocenters. The Morgan fingerprint density at radius 1 is 1.28 bits per heavy atom. The largest absolute Gasteiger partial charge is 0.382 e. The molecule has 0 aliphatic rings. The number of hydrogen-bond acceptors (Lipinski definition) is 4. The highest BCUT2D eigenvalue weighted by Gasteiger charge is 2.23. The van der Waals surface area contributed by atoms with Crippen molar-refractivity contribution in [2.75, 3.05) is 5.32 Å². The molecule has 1 aromatic carbocycles. The van der Waals surface area contributed by atoms with Crippen LogP contribution < -0.4 is 5.32 Å². The van der Waals surface area contributed by atoms with Crippen LogP contribution >= 0.6 is 0 Å². The molecule has 1 rings (SSSR count). The third-order valence-corrected chi connectivity index (χ3v) is 2.97. The fourth-order valence-corrected chi connectivity index (χ4v) is 1.38. The second kappa shape index (κ2) is 5.84. The molecule has 0 aromatic heterocycles. The van der Waals surface area contributed by atoms with Crippen molar-refractivity contribution in [2.45, 2.75) is 26.8 Å². The molecule has 4 heteroatoms. The topological polar surface area (TPSA) is 72.0 Å². The van der Waals surface area contributed by atoms with Crippen LogP contribution in [0.3, 0.4) is 0 Å². The first-order valence-electron chi connectivity index (χ1n) is 5.69. The van der Waals surface area contributed by atoms with E-state index in [4.69, 9.17) is 10.5 Å². The molecule has 1 aromatic rings. The summed E-state index contributed by atoms with van der Waals surface area (Å²) in [4.78, 5) is 3.63. The standard InChI is InChI=1S/C14H16N4/c1-11(14(2,3)9-17-10-16)18-13-6-4-12(8-15)5-7-13/h4-7,9,11,18H,1-3H3. The highest BCUT2D eigenvalue weighted by molar-refractivity contribution is 5.68. The van der Waals surface area contributed by atoms with Crippen molar-refractivity contribution >= 4 is 11.9 Å². The molecular formula is C14H16N4. The van der Waals surface area contributed by atoms with Crippen LogP contribution in [0.5, 0.6) is 0 Å². The molecule has 1 unspecified atom stereocenters. The highest BCUT2D eigenvalue weighted by Crippen LogP contribution is 2.22. The zero-order valence-electron chi connectivity index (χ0n) is 10.8. The zero-order chi connectivity index (χ0) is 13.6. The average molecular weight is 240 g/mol. The first kappa shape index (κ1) is 13.7. The summed E-state index contributed by atoms with van der Waals surface area (Å²) >= 11 is 0. The van der Waals surface area contributed by atoms with E-state index in [9.17, 15) is 0 Å². The van der Waals surface area contributed by atoms with Crippen LogP contribution in [-0.2, 0) is 0 Å². The second-order valence-electron chi connectivity index (χ2n) is 4.73. The summed E-state index contributed by atoms with van der Waals surface area (Å²) in [7, 11) is 0. The van der Waals surface area contributed by atoms with Gasteiger partial charge < -0.3 is 5.32 Å². The number of nitrogens with one attached hydrogen (secondary N) is 1. The maximum Gasteiger partial charge on any atom is 0.205 e. The molecule has 0 spiro atoms. The van der Waals surface area contributed by atoms with E-state index in [0.717, 1.165) is 5.69 Å². The maximum atomic E-state index is 8.72. The maximum absolute atomic E-state index is 8.72. The van der Waals surface area contributed by atoms with Crippen LogP contribution in [0.15, 0.2) is 29.3 Å². The smallest absolute Gasteiger partial charge is 0.205 e. The average Bonchev–Trinajstić information content (AvgIpc) is 2.37. The van der Waals surface area contributed by atoms with Gasteiger partial charge in [-0.05, 0) is 31.2 Å². The van der Waals surface area contributed by atoms with Crippen molar-refractivity contribution in [1.29, 1.82) is 10.5 Å². The van der Waals surface area contributed by atoms with Crippen LogP contribution in [0.4, 0.5) is 5.69 Å². The van der Waals surface area contributed by atoms with Crippen LogP contribution in [0.1, 0.15) is 26.3 Å². The Morgan fingerprint density at radius 2 is 1.89 bits per heavy atom. The van der Waals surface area contributed by atoms with E-state index in [-0.39, 0.29) is 11.5 Å². The summed E-state index contributed by atoms with van der Waals surface area (Å²) in [6.45, 7) is 6.05. The normalized spacial score (nSPS) is 12.7. The van der Waals surface area contributed by atoms with Crippen molar-refractivity contribution < 1.29 is 0 Å². The van der Waals surface area contributed by atoms with E-state index in [0.29, 0.717) is 5.56 Å². The van der Waals surface area contributed by atoms with Gasteiger partial charge in [0.2, 0.25) is 6.19 Å². The van der Waals surface area contributed by atoms with E-state index in [1.807, 2.05) is 32.9 Å². The van der Waals surface area contributed by atoms with E-state index in [1.54, 1.807) is 24.5 Å². The van der Waals surface area contributed by atoms with Crippen molar-refractivity contribution in [2.24, 2.45) is 10.4 Å². The molecular weight excluding hydrogens is 224 g/mol. The number of anilines is 1. The van der Waals surface area contributed by atoms with Crippen LogP contribution in [0, 0.1) is 28.2 Å². The van der Waals surface area contributed by atoms with Crippen LogP contribution in [0.25, 0.3) is 0 Å². The van der Waals surface area contributed by atoms with Crippen molar-refractivity contribution in [3.05, 3.63) is 29.8 Å². The summed E-state index contributed by atoms with van der Waals surface area (Å²) < 4.78 is 0. The lowest BCUT2D eigenvalue weighted by atomic mass is 9.86. The fourth-order valence-electron chi connectivity index (χ4n) is 1.38. The predicted octanol–water partition coefficient (Wildman–Crippen LogP) is 2.94. The van der Waals surface area contributed by atoms with Gasteiger partial charge in [0.25, 0.3) is 0 Å². The number of benzene rings is 1. The third-order valence-electron chi connectivity index (χ3n) is 2.97. The second-order valence-corrected chi connectivity index (χ2v) is 4.73. The minimum absolute atomic E-state index is 0.113. The predicted molar refractivity (Wildman–Crippen MR) is 72.1 cm³/mol. The first-order valence-corrected chi connectivity index (χ1v) is 5.69. The Kier molecular flexibility index (Phi) is 4.45. The Morgan fingerprint density at radius 3 is 2.39 bits per heavy atom. The summed E-state index contributed by atoms with van der Waals surface area (Å²) in [5.74, 6) is 0. The summed E-state index contributed by atoms with van der Waals surface area (Å²) in [6, 6.07) is 9.47. The van der Waals surface area contributed by atoms with Crippen molar-refractivity contribution in [1.82, 2.24) is 0 Å². The van der Waals surface area contributed by atoms with Crippen molar-refractivity contribution in [3.63, 3.8) is 0 Å². The summed E-state index contributed by atoms with van der Waals surface area (Å²) in [6.07, 6.45) is 3.41. The monoisotopic (exact) mass is 240 g/mol. The molecule has 4 nitrogen and oxygen atoms in total. The Balaban J connectivity index is 2.75. The highest BCUT2D eigenvalue weighted by atomic mass is 14.9. The summed E-state index contributed by atoms with van der Waals surface area (Å²) in [5, 5.41) is 20.5. The van der Waals surface area contributed by atoms with Gasteiger partial charge in [-0.2, -0.15) is 15.5 Å². The van der Waals surface area contributed by atoms with Gasteiger partial charge in [-0.1, -0.05) is 13.8 Å². The molecule has 0 aliphatic heterocycles. The van der Waals surface area contributed by atoms with E-state index >= 15 is 0 Å². The lowest BCUT2D eigenvalue weighted by Crippen LogP contribution is -2.34. The van der Waals surface area contributed by atoms with Crippen LogP contribution in [0.2, 0.25) is 0 Å². The first-order chi connectivity index (χ1) is 8.49. The van der Waals surface area contributed by atoms with Gasteiger partial charge in [0.05, 0.1) is 11.6 Å². The molecule has 0 amide bonds. The van der Waals surface area contributed by atoms with Gasteiger partial charge in [-0.25, -0.2) is 0 Å². The van der Waals surface area contributed by atoms with Gasteiger partial charge in [0, 0.05) is 23.4 Å². The fraction of sp³-hybridized carbons (Fsp3) is 0.357. The van der Waals surface area contributed by atoms with Gasteiger partial charge in [-0.3, -0.25) is 0 Å². The number of aliphatic imine (C=N–C) groups is 1. The Bertz CT molecular complexity index is 500. The number of rotatable bonds is 4. The van der Waals surface area contributed by atoms with Crippen molar-refractivity contribution in [3.8, 4) is 12.3 Å². The third kappa shape index (κ3) is 3.61. The Hall–Kier alpha value is -2.33. The number of nitriles is 2. The molecule has 0 heterocycles. The Labute approximate surface area is 108 Å². The molecule has 0 fully saturated rings. The molecule has 0 saturated heterocycles. The quantitative estimate of drug-likeness (QED) is 0.649. The molecule has 0 radical (unpaired) electrons. The van der Waals surface area contributed by atoms with Gasteiger partial charge in [0.1, 0.15) is 0 Å². The van der Waals surface area contributed by atoms with E-state index in [1.165, 1.54) is 0 Å². The molecule has 1 N–H and O–H groups in total. The lowest BCUT2D eigenvalue weighted by Gasteiger charge is -2.29. The SMILES string of the molecule is CC(Nc1ccc(C#N)cc1)C(C)(C)C=NC#N. The summed E-state index contributed by atoms with van der Waals surface area (Å²) in [5.41, 5.74) is 1.35.